The molecule has 112 valence electrons. The Labute approximate surface area is 127 Å². The molecule has 0 aliphatic carbocycles. The summed E-state index contributed by atoms with van der Waals surface area (Å²) >= 11 is 0. The van der Waals surface area contributed by atoms with Gasteiger partial charge in [0.25, 0.3) is 0 Å². The molecule has 0 bridgehead atoms. The van der Waals surface area contributed by atoms with Crippen LogP contribution >= 0.6 is 0 Å². The lowest BCUT2D eigenvalue weighted by Crippen LogP contribution is -2.16. The maximum atomic E-state index is 12.0. The summed E-state index contributed by atoms with van der Waals surface area (Å²) in [5.74, 6) is -0.323. The van der Waals surface area contributed by atoms with Gasteiger partial charge in [0.15, 0.2) is 0 Å². The molecule has 3 nitrogen and oxygen atoms in total. The first kappa shape index (κ1) is 17.1. The summed E-state index contributed by atoms with van der Waals surface area (Å²) in [6, 6.07) is 7.82. The van der Waals surface area contributed by atoms with Crippen LogP contribution in [-0.4, -0.2) is 11.6 Å². The van der Waals surface area contributed by atoms with Crippen molar-refractivity contribution in [2.24, 2.45) is 0 Å². The highest BCUT2D eigenvalue weighted by Crippen LogP contribution is 2.31. The molecule has 0 fully saturated rings. The molecular formula is C18H23NO2. The van der Waals surface area contributed by atoms with Gasteiger partial charge < -0.3 is 4.79 Å². The molecule has 1 aromatic rings. The summed E-state index contributed by atoms with van der Waals surface area (Å²) in [4.78, 5) is 23.2. The summed E-state index contributed by atoms with van der Waals surface area (Å²) < 4.78 is 0. The fraction of sp³-hybridized carbons (Fsp3) is 0.500. The van der Waals surface area contributed by atoms with E-state index in [2.05, 4.69) is 26.8 Å². The Kier molecular flexibility index (Phi) is 5.43. The second-order valence-electron chi connectivity index (χ2n) is 6.57. The minimum atomic E-state index is -0.383. The van der Waals surface area contributed by atoms with E-state index in [1.54, 1.807) is 6.07 Å². The van der Waals surface area contributed by atoms with E-state index in [1.807, 2.05) is 12.1 Å². The number of carbonyl (C=O) groups excluding carboxylic acids is 2. The highest BCUT2D eigenvalue weighted by atomic mass is 16.1. The number of hydrogen-bond acceptors (Lipinski definition) is 3. The highest BCUT2D eigenvalue weighted by molar-refractivity contribution is 5.85. The second-order valence-corrected chi connectivity index (χ2v) is 6.57. The Balaban J connectivity index is 3.31. The molecule has 1 aromatic carbocycles. The molecule has 0 N–H and O–H groups in total. The lowest BCUT2D eigenvalue weighted by atomic mass is 9.81. The van der Waals surface area contributed by atoms with Gasteiger partial charge in [0.2, 0.25) is 0 Å². The van der Waals surface area contributed by atoms with Crippen LogP contribution in [0.15, 0.2) is 18.2 Å². The van der Waals surface area contributed by atoms with Crippen molar-refractivity contribution >= 4 is 11.6 Å². The van der Waals surface area contributed by atoms with Gasteiger partial charge >= 0.3 is 0 Å². The monoisotopic (exact) mass is 285 g/mol. The van der Waals surface area contributed by atoms with Crippen molar-refractivity contribution in [2.75, 3.05) is 0 Å². The molecule has 0 heterocycles. The zero-order valence-electron chi connectivity index (χ0n) is 13.5. The van der Waals surface area contributed by atoms with E-state index in [1.165, 1.54) is 13.8 Å². The fourth-order valence-corrected chi connectivity index (χ4v) is 2.34. The maximum absolute atomic E-state index is 12.0. The molecule has 1 atom stereocenters. The van der Waals surface area contributed by atoms with Crippen molar-refractivity contribution in [2.45, 2.75) is 58.8 Å². The minimum Gasteiger partial charge on any atom is -0.300 e. The Morgan fingerprint density at radius 1 is 1.24 bits per heavy atom. The number of nitrogens with zero attached hydrogens (tertiary/aromatic N) is 1. The van der Waals surface area contributed by atoms with Gasteiger partial charge in [-0.15, -0.1) is 0 Å². The molecule has 0 radical (unpaired) electrons. The Morgan fingerprint density at radius 3 is 2.29 bits per heavy atom. The second kappa shape index (κ2) is 6.67. The quantitative estimate of drug-likeness (QED) is 0.824. The van der Waals surface area contributed by atoms with Crippen molar-refractivity contribution in [3.63, 3.8) is 0 Å². The van der Waals surface area contributed by atoms with Crippen LogP contribution < -0.4 is 0 Å². The van der Waals surface area contributed by atoms with Crippen LogP contribution in [0, 0.1) is 11.3 Å². The van der Waals surface area contributed by atoms with E-state index in [0.717, 1.165) is 11.1 Å². The van der Waals surface area contributed by atoms with E-state index < -0.39 is 0 Å². The van der Waals surface area contributed by atoms with Gasteiger partial charge in [-0.1, -0.05) is 32.9 Å². The summed E-state index contributed by atoms with van der Waals surface area (Å²) in [6.07, 6.45) is 0.821. The molecule has 0 aromatic heterocycles. The van der Waals surface area contributed by atoms with E-state index in [-0.39, 0.29) is 22.9 Å². The number of Topliss-reactive ketones (excluding diaryl/α,β-unsaturated/α-hetero) is 2. The van der Waals surface area contributed by atoms with Gasteiger partial charge in [-0.05, 0) is 42.9 Å². The molecule has 0 saturated heterocycles. The van der Waals surface area contributed by atoms with Crippen molar-refractivity contribution in [1.82, 2.24) is 0 Å². The van der Waals surface area contributed by atoms with Crippen LogP contribution in [-0.2, 0) is 15.0 Å². The lowest BCUT2D eigenvalue weighted by Gasteiger charge is -2.23. The average Bonchev–Trinajstić information content (AvgIpc) is 2.36. The van der Waals surface area contributed by atoms with Crippen molar-refractivity contribution in [3.05, 3.63) is 34.9 Å². The van der Waals surface area contributed by atoms with Gasteiger partial charge in [0, 0.05) is 12.3 Å². The van der Waals surface area contributed by atoms with E-state index >= 15 is 0 Å². The number of carbonyl (C=O) groups is 2. The smallest absolute Gasteiger partial charge is 0.137 e. The summed E-state index contributed by atoms with van der Waals surface area (Å²) in [5.41, 5.74) is 2.31. The molecule has 0 aliphatic rings. The molecule has 0 aliphatic heterocycles. The topological polar surface area (TPSA) is 57.9 Å². The highest BCUT2D eigenvalue weighted by Gasteiger charge is 2.23. The number of ketones is 2. The zero-order valence-corrected chi connectivity index (χ0v) is 13.5. The fourth-order valence-electron chi connectivity index (χ4n) is 2.34. The first-order chi connectivity index (χ1) is 9.66. The molecular weight excluding hydrogens is 262 g/mol. The normalized spacial score (nSPS) is 12.6. The minimum absolute atomic E-state index is 0.00110. The average molecular weight is 285 g/mol. The summed E-state index contributed by atoms with van der Waals surface area (Å²) in [6.45, 7) is 9.33. The van der Waals surface area contributed by atoms with E-state index in [0.29, 0.717) is 18.4 Å². The standard InChI is InChI=1S/C18H23NO2/c1-12(20)6-9-16(13(2)21)17-10-15(18(3,4)5)8-7-14(17)11-19/h7-8,10,16H,6,9H2,1-5H3. The number of nitriles is 1. The molecule has 3 heteroatoms. The molecule has 1 rings (SSSR count). The third kappa shape index (κ3) is 4.53. The van der Waals surface area contributed by atoms with Crippen molar-refractivity contribution in [3.8, 4) is 6.07 Å². The van der Waals surface area contributed by atoms with Crippen LogP contribution in [0.1, 0.15) is 70.1 Å². The van der Waals surface area contributed by atoms with Gasteiger partial charge in [-0.3, -0.25) is 4.79 Å². The van der Waals surface area contributed by atoms with Gasteiger partial charge in [0.05, 0.1) is 11.6 Å². The molecule has 1 unspecified atom stereocenters. The van der Waals surface area contributed by atoms with Crippen LogP contribution in [0.3, 0.4) is 0 Å². The Bertz CT molecular complexity index is 588. The van der Waals surface area contributed by atoms with Gasteiger partial charge in [-0.2, -0.15) is 5.26 Å². The molecule has 0 spiro atoms. The van der Waals surface area contributed by atoms with Gasteiger partial charge in [-0.25, -0.2) is 0 Å². The predicted molar refractivity (Wildman–Crippen MR) is 83.2 cm³/mol. The zero-order chi connectivity index (χ0) is 16.2. The molecule has 0 saturated carbocycles. The number of benzene rings is 1. The van der Waals surface area contributed by atoms with Crippen molar-refractivity contribution in [1.29, 1.82) is 5.26 Å². The molecule has 21 heavy (non-hydrogen) atoms. The number of rotatable bonds is 5. The van der Waals surface area contributed by atoms with Crippen LogP contribution in [0.25, 0.3) is 0 Å². The predicted octanol–water partition coefficient (Wildman–Crippen LogP) is 3.90. The first-order valence-electron chi connectivity index (χ1n) is 7.21. The largest absolute Gasteiger partial charge is 0.300 e. The Morgan fingerprint density at radius 2 is 1.86 bits per heavy atom. The van der Waals surface area contributed by atoms with Gasteiger partial charge in [0.1, 0.15) is 11.6 Å². The van der Waals surface area contributed by atoms with Crippen molar-refractivity contribution < 1.29 is 9.59 Å². The van der Waals surface area contributed by atoms with Crippen LogP contribution in [0.4, 0.5) is 0 Å². The van der Waals surface area contributed by atoms with E-state index in [4.69, 9.17) is 0 Å². The van der Waals surface area contributed by atoms with Crippen LogP contribution in [0.2, 0.25) is 0 Å². The summed E-state index contributed by atoms with van der Waals surface area (Å²) in [5, 5.41) is 9.29. The first-order valence-corrected chi connectivity index (χ1v) is 7.21. The maximum Gasteiger partial charge on any atom is 0.137 e. The summed E-state index contributed by atoms with van der Waals surface area (Å²) in [7, 11) is 0. The third-order valence-electron chi connectivity index (χ3n) is 3.69. The Hall–Kier alpha value is -1.95. The third-order valence-corrected chi connectivity index (χ3v) is 3.69. The number of hydrogen-bond donors (Lipinski definition) is 0. The SMILES string of the molecule is CC(=O)CCC(C(C)=O)c1cc(C(C)(C)C)ccc1C#N. The lowest BCUT2D eigenvalue weighted by molar-refractivity contribution is -0.119. The van der Waals surface area contributed by atoms with E-state index in [9.17, 15) is 14.9 Å². The molecule has 0 amide bonds. The van der Waals surface area contributed by atoms with Crippen LogP contribution in [0.5, 0.6) is 0 Å².